The Labute approximate surface area is 174 Å². The number of hydroxylamine groups is 1. The molecule has 1 amide bonds. The average Bonchev–Trinajstić information content (AvgIpc) is 3.02. The Morgan fingerprint density at radius 3 is 2.67 bits per heavy atom. The summed E-state index contributed by atoms with van der Waals surface area (Å²) in [5, 5.41) is 11.6. The third kappa shape index (κ3) is 3.00. The maximum Gasteiger partial charge on any atom is 0.273 e. The molecule has 8 heteroatoms. The summed E-state index contributed by atoms with van der Waals surface area (Å²) in [5.41, 5.74) is 5.62. The zero-order valence-corrected chi connectivity index (χ0v) is 17.3. The Morgan fingerprint density at radius 2 is 2.00 bits per heavy atom. The van der Waals surface area contributed by atoms with Crippen molar-refractivity contribution in [2.24, 2.45) is 0 Å². The monoisotopic (exact) mass is 409 g/mol. The summed E-state index contributed by atoms with van der Waals surface area (Å²) in [6.07, 6.45) is 0. The minimum absolute atomic E-state index is 0.0329. The van der Waals surface area contributed by atoms with Crippen molar-refractivity contribution in [2.45, 2.75) is 39.8 Å². The van der Waals surface area contributed by atoms with Crippen LogP contribution in [0.2, 0.25) is 0 Å². The zero-order chi connectivity index (χ0) is 21.6. The van der Waals surface area contributed by atoms with Crippen LogP contribution in [0.15, 0.2) is 42.1 Å². The number of nitrogens with one attached hydrogen (secondary N) is 1. The molecule has 4 rings (SSSR count). The lowest BCUT2D eigenvalue weighted by Crippen LogP contribution is -2.44. The summed E-state index contributed by atoms with van der Waals surface area (Å²) >= 11 is 0. The van der Waals surface area contributed by atoms with Crippen molar-refractivity contribution < 1.29 is 19.3 Å². The highest BCUT2D eigenvalue weighted by atomic mass is 16.6. The lowest BCUT2D eigenvalue weighted by molar-refractivity contribution is -0.385. The fourth-order valence-electron chi connectivity index (χ4n) is 4.01. The van der Waals surface area contributed by atoms with E-state index in [1.54, 1.807) is 24.0 Å². The van der Waals surface area contributed by atoms with Gasteiger partial charge in [-0.2, -0.15) is 0 Å². The number of hydrogen-bond acceptors (Lipinski definition) is 6. The van der Waals surface area contributed by atoms with Gasteiger partial charge in [-0.05, 0) is 45.4 Å². The second-order valence-electron chi connectivity index (χ2n) is 7.76. The van der Waals surface area contributed by atoms with Crippen LogP contribution in [-0.4, -0.2) is 27.9 Å². The van der Waals surface area contributed by atoms with Crippen molar-refractivity contribution in [1.29, 1.82) is 0 Å². The van der Waals surface area contributed by atoms with Crippen molar-refractivity contribution in [1.82, 2.24) is 10.4 Å². The topological polar surface area (TPSA) is 93.9 Å². The largest absolute Gasteiger partial charge is 0.481 e. The maximum absolute atomic E-state index is 13.3. The van der Waals surface area contributed by atoms with E-state index in [9.17, 15) is 14.9 Å². The highest BCUT2D eigenvalue weighted by Gasteiger charge is 2.43. The van der Waals surface area contributed by atoms with Gasteiger partial charge in [-0.1, -0.05) is 18.2 Å². The fraction of sp³-hybridized carbons (Fsp3) is 0.318. The molecule has 0 unspecified atom stereocenters. The van der Waals surface area contributed by atoms with Gasteiger partial charge in [-0.3, -0.25) is 25.2 Å². The van der Waals surface area contributed by atoms with E-state index in [0.29, 0.717) is 47.0 Å². The summed E-state index contributed by atoms with van der Waals surface area (Å²) in [4.78, 5) is 31.6. The molecule has 0 spiro atoms. The van der Waals surface area contributed by atoms with E-state index in [-0.39, 0.29) is 11.6 Å². The predicted octanol–water partition coefficient (Wildman–Crippen LogP) is 3.94. The van der Waals surface area contributed by atoms with Crippen LogP contribution < -0.4 is 10.2 Å². The average molecular weight is 409 g/mol. The van der Waals surface area contributed by atoms with Crippen LogP contribution in [0.3, 0.4) is 0 Å². The summed E-state index contributed by atoms with van der Waals surface area (Å²) in [6.45, 7) is 7.99. The van der Waals surface area contributed by atoms with E-state index >= 15 is 0 Å². The van der Waals surface area contributed by atoms with Gasteiger partial charge in [-0.25, -0.2) is 0 Å². The predicted molar refractivity (Wildman–Crippen MR) is 111 cm³/mol. The van der Waals surface area contributed by atoms with E-state index in [1.165, 1.54) is 6.07 Å². The van der Waals surface area contributed by atoms with Gasteiger partial charge in [0.05, 0.1) is 29.3 Å². The highest BCUT2D eigenvalue weighted by molar-refractivity contribution is 6.04. The van der Waals surface area contributed by atoms with Gasteiger partial charge in [0, 0.05) is 17.2 Å². The van der Waals surface area contributed by atoms with Crippen LogP contribution in [0.1, 0.15) is 47.8 Å². The van der Waals surface area contributed by atoms with Crippen molar-refractivity contribution in [3.05, 3.63) is 74.5 Å². The van der Waals surface area contributed by atoms with Gasteiger partial charge in [0.25, 0.3) is 11.6 Å². The lowest BCUT2D eigenvalue weighted by Gasteiger charge is -2.39. The molecule has 0 aliphatic carbocycles. The van der Waals surface area contributed by atoms with Crippen LogP contribution >= 0.6 is 0 Å². The molecule has 156 valence electrons. The maximum atomic E-state index is 13.3. The minimum atomic E-state index is -0.852. The number of nitro groups is 1. The van der Waals surface area contributed by atoms with Gasteiger partial charge in [0.2, 0.25) is 0 Å². The lowest BCUT2D eigenvalue weighted by atomic mass is 9.91. The van der Waals surface area contributed by atoms with Crippen molar-refractivity contribution in [2.75, 3.05) is 6.61 Å². The summed E-state index contributed by atoms with van der Waals surface area (Å²) < 4.78 is 6.19. The molecular formula is C22H23N3O5. The van der Waals surface area contributed by atoms with Gasteiger partial charge in [0.1, 0.15) is 17.0 Å². The first-order valence-electron chi connectivity index (χ1n) is 9.76. The normalized spacial score (nSPS) is 16.8. The molecule has 2 aromatic rings. The smallest absolute Gasteiger partial charge is 0.273 e. The van der Waals surface area contributed by atoms with Gasteiger partial charge < -0.3 is 9.64 Å². The quantitative estimate of drug-likeness (QED) is 0.594. The van der Waals surface area contributed by atoms with E-state index in [0.717, 1.165) is 5.56 Å². The van der Waals surface area contributed by atoms with E-state index in [2.05, 4.69) is 5.48 Å². The molecule has 2 heterocycles. The number of nitrogens with zero attached hydrogens (tertiary/aromatic N) is 2. The van der Waals surface area contributed by atoms with Crippen molar-refractivity contribution in [3.8, 4) is 5.75 Å². The molecule has 0 aromatic heterocycles. The van der Waals surface area contributed by atoms with Crippen LogP contribution in [0.25, 0.3) is 5.70 Å². The third-order valence-corrected chi connectivity index (χ3v) is 5.45. The number of benzene rings is 2. The molecule has 2 aliphatic rings. The number of carbonyl (C=O) groups excluding carboxylic acids is 1. The van der Waals surface area contributed by atoms with Crippen LogP contribution in [0.4, 0.5) is 5.69 Å². The zero-order valence-electron chi connectivity index (χ0n) is 17.3. The number of rotatable bonds is 5. The molecule has 30 heavy (non-hydrogen) atoms. The molecule has 0 saturated carbocycles. The van der Waals surface area contributed by atoms with E-state index in [4.69, 9.17) is 9.57 Å². The highest BCUT2D eigenvalue weighted by Crippen LogP contribution is 2.47. The first-order chi connectivity index (χ1) is 14.3. The standard InChI is InChI=1S/C22H23N3O5/c1-5-29-23-20-19(24-12-14-8-6-7-9-15(14)21(24)26)18-13(2)16(25(27)28)10-11-17(18)30-22(20,3)4/h6-11,23H,5,12H2,1-4H3. The van der Waals surface area contributed by atoms with Crippen LogP contribution in [-0.2, 0) is 11.4 Å². The minimum Gasteiger partial charge on any atom is -0.481 e. The molecule has 1 N–H and O–H groups in total. The molecule has 8 nitrogen and oxygen atoms in total. The molecule has 0 saturated heterocycles. The number of amides is 1. The molecule has 2 aromatic carbocycles. The summed E-state index contributed by atoms with van der Waals surface area (Å²) in [6, 6.07) is 10.4. The number of carbonyl (C=O) groups is 1. The molecule has 0 bridgehead atoms. The number of ether oxygens (including phenoxy) is 1. The number of nitro benzene ring substituents is 1. The molecule has 2 aliphatic heterocycles. The van der Waals surface area contributed by atoms with Gasteiger partial charge in [0.15, 0.2) is 0 Å². The fourth-order valence-corrected chi connectivity index (χ4v) is 4.01. The summed E-state index contributed by atoms with van der Waals surface area (Å²) in [7, 11) is 0. The van der Waals surface area contributed by atoms with Crippen molar-refractivity contribution >= 4 is 17.3 Å². The molecule has 0 fully saturated rings. The first kappa shape index (κ1) is 19.9. The first-order valence-corrected chi connectivity index (χ1v) is 9.76. The Kier molecular flexibility index (Phi) is 4.74. The summed E-state index contributed by atoms with van der Waals surface area (Å²) in [5.74, 6) is 0.329. The van der Waals surface area contributed by atoms with Gasteiger partial charge in [-0.15, -0.1) is 0 Å². The second-order valence-corrected chi connectivity index (χ2v) is 7.76. The third-order valence-electron chi connectivity index (χ3n) is 5.45. The Balaban J connectivity index is 1.98. The van der Waals surface area contributed by atoms with E-state index in [1.807, 2.05) is 39.0 Å². The molecule has 0 radical (unpaired) electrons. The SMILES string of the molecule is CCONC1=C(N2Cc3ccccc3C2=O)c2c(ccc([N+](=O)[O-])c2C)OC1(C)C. The second kappa shape index (κ2) is 7.14. The molecular weight excluding hydrogens is 386 g/mol. The number of hydrogen-bond donors (Lipinski definition) is 1. The van der Waals surface area contributed by atoms with Crippen LogP contribution in [0, 0.1) is 17.0 Å². The molecule has 0 atom stereocenters. The Morgan fingerprint density at radius 1 is 1.27 bits per heavy atom. The number of fused-ring (bicyclic) bond motifs is 2. The van der Waals surface area contributed by atoms with Crippen molar-refractivity contribution in [3.63, 3.8) is 0 Å². The Bertz CT molecular complexity index is 1090. The van der Waals surface area contributed by atoms with Crippen LogP contribution in [0.5, 0.6) is 5.75 Å². The Hall–Kier alpha value is -3.39. The van der Waals surface area contributed by atoms with E-state index < -0.39 is 10.5 Å². The van der Waals surface area contributed by atoms with Gasteiger partial charge >= 0.3 is 0 Å².